The third kappa shape index (κ3) is 1.61. The molecule has 0 saturated carbocycles. The van der Waals surface area contributed by atoms with Crippen LogP contribution < -0.4 is 0 Å². The van der Waals surface area contributed by atoms with Crippen LogP contribution in [-0.4, -0.2) is 29.7 Å². The predicted octanol–water partition coefficient (Wildman–Crippen LogP) is 2.61. The van der Waals surface area contributed by atoms with E-state index in [2.05, 4.69) is 18.7 Å². The van der Waals surface area contributed by atoms with Crippen molar-refractivity contribution >= 4 is 0 Å². The predicted molar refractivity (Wildman–Crippen MR) is 52.5 cm³/mol. The smallest absolute Gasteiger partial charge is 0.115 e. The molecule has 2 saturated heterocycles. The molecule has 0 spiro atoms. The lowest BCUT2D eigenvalue weighted by Gasteiger charge is -2.33. The van der Waals surface area contributed by atoms with Crippen molar-refractivity contribution in [2.45, 2.75) is 51.2 Å². The minimum absolute atomic E-state index is 0.258. The fourth-order valence-electron chi connectivity index (χ4n) is 3.30. The SMILES string of the molecule is CC(C)CC12CCCN1C[C@H](F)C2. The van der Waals surface area contributed by atoms with Crippen molar-refractivity contribution in [1.82, 2.24) is 4.90 Å². The maximum Gasteiger partial charge on any atom is 0.115 e. The van der Waals surface area contributed by atoms with Crippen molar-refractivity contribution in [2.24, 2.45) is 5.92 Å². The van der Waals surface area contributed by atoms with Crippen LogP contribution in [-0.2, 0) is 0 Å². The van der Waals surface area contributed by atoms with Gasteiger partial charge in [-0.3, -0.25) is 4.90 Å². The Morgan fingerprint density at radius 2 is 2.31 bits per heavy atom. The number of nitrogens with zero attached hydrogens (tertiary/aromatic N) is 1. The van der Waals surface area contributed by atoms with Gasteiger partial charge in [-0.1, -0.05) is 13.8 Å². The van der Waals surface area contributed by atoms with Crippen LogP contribution in [0, 0.1) is 5.92 Å². The standard InChI is InChI=1S/C11H20FN/c1-9(2)6-11-4-3-5-13(11)8-10(12)7-11/h9-10H,3-8H2,1-2H3/t10-,11?/m1/s1. The van der Waals surface area contributed by atoms with Crippen molar-refractivity contribution in [3.63, 3.8) is 0 Å². The van der Waals surface area contributed by atoms with E-state index in [-0.39, 0.29) is 5.54 Å². The topological polar surface area (TPSA) is 3.24 Å². The lowest BCUT2D eigenvalue weighted by Crippen LogP contribution is -2.39. The van der Waals surface area contributed by atoms with Gasteiger partial charge in [0.15, 0.2) is 0 Å². The summed E-state index contributed by atoms with van der Waals surface area (Å²) in [5, 5.41) is 0. The number of alkyl halides is 1. The van der Waals surface area contributed by atoms with Gasteiger partial charge >= 0.3 is 0 Å². The first-order valence-electron chi connectivity index (χ1n) is 5.51. The third-order valence-corrected chi connectivity index (χ3v) is 3.55. The maximum atomic E-state index is 13.3. The zero-order valence-electron chi connectivity index (χ0n) is 8.72. The van der Waals surface area contributed by atoms with Gasteiger partial charge in [0.2, 0.25) is 0 Å². The molecule has 0 N–H and O–H groups in total. The molecular weight excluding hydrogens is 165 g/mol. The first-order valence-corrected chi connectivity index (χ1v) is 5.51. The van der Waals surface area contributed by atoms with E-state index in [4.69, 9.17) is 0 Å². The summed E-state index contributed by atoms with van der Waals surface area (Å²) in [6, 6.07) is 0. The summed E-state index contributed by atoms with van der Waals surface area (Å²) in [6.45, 7) is 6.33. The van der Waals surface area contributed by atoms with E-state index in [1.54, 1.807) is 0 Å². The molecule has 2 fully saturated rings. The minimum atomic E-state index is -0.556. The number of hydrogen-bond donors (Lipinski definition) is 0. The fraction of sp³-hybridized carbons (Fsp3) is 1.00. The second-order valence-electron chi connectivity index (χ2n) is 5.17. The fourth-order valence-corrected chi connectivity index (χ4v) is 3.30. The second kappa shape index (κ2) is 3.23. The minimum Gasteiger partial charge on any atom is -0.295 e. The number of hydrogen-bond acceptors (Lipinski definition) is 1. The van der Waals surface area contributed by atoms with Gasteiger partial charge in [0, 0.05) is 12.1 Å². The molecule has 0 radical (unpaired) electrons. The van der Waals surface area contributed by atoms with Crippen LogP contribution >= 0.6 is 0 Å². The lowest BCUT2D eigenvalue weighted by atomic mass is 9.85. The molecule has 0 aromatic carbocycles. The molecule has 0 amide bonds. The van der Waals surface area contributed by atoms with Gasteiger partial charge in [-0.05, 0) is 38.1 Å². The summed E-state index contributed by atoms with van der Waals surface area (Å²) < 4.78 is 13.3. The van der Waals surface area contributed by atoms with Crippen molar-refractivity contribution in [2.75, 3.05) is 13.1 Å². The van der Waals surface area contributed by atoms with Crippen LogP contribution in [0.4, 0.5) is 4.39 Å². The van der Waals surface area contributed by atoms with Crippen LogP contribution in [0.1, 0.15) is 39.5 Å². The molecule has 0 bridgehead atoms. The average Bonchev–Trinajstić information content (AvgIpc) is 2.40. The Hall–Kier alpha value is -0.110. The van der Waals surface area contributed by atoms with E-state index in [0.717, 1.165) is 13.0 Å². The first kappa shape index (κ1) is 9.45. The summed E-state index contributed by atoms with van der Waals surface area (Å²) in [5.74, 6) is 0.700. The highest BCUT2D eigenvalue weighted by molar-refractivity contribution is 5.03. The molecule has 2 heteroatoms. The Bertz CT molecular complexity index is 193. The highest BCUT2D eigenvalue weighted by atomic mass is 19.1. The number of rotatable bonds is 2. The molecule has 0 aromatic heterocycles. The molecule has 2 aliphatic heterocycles. The second-order valence-corrected chi connectivity index (χ2v) is 5.17. The van der Waals surface area contributed by atoms with Crippen LogP contribution in [0.2, 0.25) is 0 Å². The summed E-state index contributed by atoms with van der Waals surface area (Å²) in [6.07, 6.45) is 3.93. The zero-order chi connectivity index (χ0) is 9.47. The summed E-state index contributed by atoms with van der Waals surface area (Å²) >= 11 is 0. The number of halogens is 1. The van der Waals surface area contributed by atoms with Crippen molar-refractivity contribution < 1.29 is 4.39 Å². The zero-order valence-corrected chi connectivity index (χ0v) is 8.72. The Morgan fingerprint density at radius 1 is 1.54 bits per heavy atom. The Kier molecular flexibility index (Phi) is 2.35. The molecule has 1 nitrogen and oxygen atoms in total. The molecule has 0 aromatic rings. The van der Waals surface area contributed by atoms with Gasteiger partial charge in [-0.25, -0.2) is 4.39 Å². The highest BCUT2D eigenvalue weighted by Gasteiger charge is 2.48. The quantitative estimate of drug-likeness (QED) is 0.639. The molecule has 13 heavy (non-hydrogen) atoms. The van der Waals surface area contributed by atoms with Crippen LogP contribution in [0.15, 0.2) is 0 Å². The average molecular weight is 185 g/mol. The van der Waals surface area contributed by atoms with Gasteiger partial charge in [0.25, 0.3) is 0 Å². The van der Waals surface area contributed by atoms with Crippen LogP contribution in [0.5, 0.6) is 0 Å². The molecule has 2 atom stereocenters. The molecule has 2 rings (SSSR count). The van der Waals surface area contributed by atoms with Gasteiger partial charge < -0.3 is 0 Å². The largest absolute Gasteiger partial charge is 0.295 e. The molecule has 0 aliphatic carbocycles. The molecular formula is C11H20FN. The summed E-state index contributed by atoms with van der Waals surface area (Å²) in [7, 11) is 0. The Morgan fingerprint density at radius 3 is 3.00 bits per heavy atom. The lowest BCUT2D eigenvalue weighted by molar-refractivity contribution is 0.163. The van der Waals surface area contributed by atoms with Crippen molar-refractivity contribution in [3.8, 4) is 0 Å². The Labute approximate surface area is 80.3 Å². The molecule has 2 aliphatic rings. The van der Waals surface area contributed by atoms with E-state index in [1.165, 1.54) is 19.3 Å². The number of fused-ring (bicyclic) bond motifs is 1. The van der Waals surface area contributed by atoms with Crippen molar-refractivity contribution in [3.05, 3.63) is 0 Å². The van der Waals surface area contributed by atoms with Crippen LogP contribution in [0.3, 0.4) is 0 Å². The first-order chi connectivity index (χ1) is 6.12. The van der Waals surface area contributed by atoms with Crippen LogP contribution in [0.25, 0.3) is 0 Å². The van der Waals surface area contributed by atoms with Gasteiger partial charge in [0.05, 0.1) is 0 Å². The molecule has 2 heterocycles. The molecule has 1 unspecified atom stereocenters. The summed E-state index contributed by atoms with van der Waals surface area (Å²) in [5.41, 5.74) is 0.258. The monoisotopic (exact) mass is 185 g/mol. The van der Waals surface area contributed by atoms with Crippen molar-refractivity contribution in [1.29, 1.82) is 0 Å². The summed E-state index contributed by atoms with van der Waals surface area (Å²) in [4.78, 5) is 2.40. The third-order valence-electron chi connectivity index (χ3n) is 3.55. The van der Waals surface area contributed by atoms with Gasteiger partial charge in [0.1, 0.15) is 6.17 Å². The van der Waals surface area contributed by atoms with E-state index in [0.29, 0.717) is 12.5 Å². The van der Waals surface area contributed by atoms with Gasteiger partial charge in [-0.2, -0.15) is 0 Å². The van der Waals surface area contributed by atoms with E-state index < -0.39 is 6.17 Å². The highest BCUT2D eigenvalue weighted by Crippen LogP contribution is 2.43. The van der Waals surface area contributed by atoms with E-state index in [1.807, 2.05) is 0 Å². The van der Waals surface area contributed by atoms with E-state index >= 15 is 0 Å². The maximum absolute atomic E-state index is 13.3. The normalized spacial score (nSPS) is 40.2. The Balaban J connectivity index is 2.09. The molecule has 76 valence electrons. The van der Waals surface area contributed by atoms with E-state index in [9.17, 15) is 4.39 Å². The van der Waals surface area contributed by atoms with Gasteiger partial charge in [-0.15, -0.1) is 0 Å².